The Morgan fingerprint density at radius 1 is 1.16 bits per heavy atom. The Morgan fingerprint density at radius 3 is 2.74 bits per heavy atom. The van der Waals surface area contributed by atoms with E-state index in [2.05, 4.69) is 15.0 Å². The van der Waals surface area contributed by atoms with Gasteiger partial charge in [0.2, 0.25) is 0 Å². The minimum absolute atomic E-state index is 0.199. The fraction of sp³-hybridized carbons (Fsp3) is 0.0714. The number of aromatic amines is 1. The minimum atomic E-state index is -0.272. The molecule has 0 radical (unpaired) electrons. The molecule has 3 rings (SSSR count). The van der Waals surface area contributed by atoms with Gasteiger partial charge in [-0.25, -0.2) is 9.97 Å². The van der Waals surface area contributed by atoms with Crippen LogP contribution in [-0.2, 0) is 0 Å². The lowest BCUT2D eigenvalue weighted by Gasteiger charge is -2.06. The summed E-state index contributed by atoms with van der Waals surface area (Å²) in [6, 6.07) is 9.51. The van der Waals surface area contributed by atoms with Gasteiger partial charge in [-0.3, -0.25) is 4.79 Å². The number of nitrogen functional groups attached to an aromatic ring is 1. The van der Waals surface area contributed by atoms with Gasteiger partial charge in [0, 0.05) is 11.8 Å². The molecule has 0 unspecified atom stereocenters. The Kier molecular flexibility index (Phi) is 2.52. The third-order valence-corrected chi connectivity index (χ3v) is 3.03. The Labute approximate surface area is 109 Å². The van der Waals surface area contributed by atoms with Gasteiger partial charge in [-0.15, -0.1) is 0 Å². The van der Waals surface area contributed by atoms with E-state index in [-0.39, 0.29) is 11.4 Å². The zero-order valence-corrected chi connectivity index (χ0v) is 10.3. The summed E-state index contributed by atoms with van der Waals surface area (Å²) in [6.45, 7) is 1.98. The first-order chi connectivity index (χ1) is 9.16. The van der Waals surface area contributed by atoms with E-state index in [1.807, 2.05) is 31.2 Å². The molecule has 0 aliphatic heterocycles. The first-order valence-corrected chi connectivity index (χ1v) is 5.88. The number of aryl methyl sites for hydroxylation is 1. The number of nitrogens with two attached hydrogens (primary N) is 1. The second kappa shape index (κ2) is 4.20. The van der Waals surface area contributed by atoms with Crippen molar-refractivity contribution in [3.8, 4) is 11.4 Å². The molecular formula is C14H12N4O. The fourth-order valence-corrected chi connectivity index (χ4v) is 2.06. The van der Waals surface area contributed by atoms with Gasteiger partial charge < -0.3 is 10.7 Å². The van der Waals surface area contributed by atoms with Crippen LogP contribution in [0.3, 0.4) is 0 Å². The zero-order chi connectivity index (χ0) is 13.4. The number of nitrogens with one attached hydrogen (secondary N) is 1. The number of rotatable bonds is 1. The molecule has 3 aromatic rings. The molecular weight excluding hydrogens is 240 g/mol. The largest absolute Gasteiger partial charge is 0.383 e. The Balaban J connectivity index is 2.34. The van der Waals surface area contributed by atoms with Crippen LogP contribution in [0.1, 0.15) is 5.56 Å². The van der Waals surface area contributed by atoms with Gasteiger partial charge in [-0.05, 0) is 18.6 Å². The number of H-pyrrole nitrogens is 1. The zero-order valence-electron chi connectivity index (χ0n) is 10.3. The van der Waals surface area contributed by atoms with E-state index in [0.717, 1.165) is 11.1 Å². The lowest BCUT2D eigenvalue weighted by atomic mass is 10.1. The van der Waals surface area contributed by atoms with E-state index >= 15 is 0 Å². The first kappa shape index (κ1) is 11.4. The van der Waals surface area contributed by atoms with E-state index in [1.165, 1.54) is 0 Å². The lowest BCUT2D eigenvalue weighted by Crippen LogP contribution is -2.10. The molecule has 0 aliphatic carbocycles. The molecule has 0 atom stereocenters. The number of pyridine rings is 1. The van der Waals surface area contributed by atoms with Crippen LogP contribution in [0.5, 0.6) is 0 Å². The summed E-state index contributed by atoms with van der Waals surface area (Å²) < 4.78 is 0. The number of benzene rings is 1. The van der Waals surface area contributed by atoms with E-state index in [1.54, 1.807) is 12.3 Å². The highest BCUT2D eigenvalue weighted by atomic mass is 16.1. The van der Waals surface area contributed by atoms with Gasteiger partial charge in [-0.1, -0.05) is 24.3 Å². The van der Waals surface area contributed by atoms with Gasteiger partial charge in [0.25, 0.3) is 5.56 Å². The van der Waals surface area contributed by atoms with Crippen molar-refractivity contribution in [2.75, 3.05) is 5.73 Å². The third kappa shape index (κ3) is 1.85. The van der Waals surface area contributed by atoms with Crippen LogP contribution < -0.4 is 11.3 Å². The van der Waals surface area contributed by atoms with Crippen LogP contribution >= 0.6 is 0 Å². The van der Waals surface area contributed by atoms with Crippen LogP contribution in [0.4, 0.5) is 5.82 Å². The maximum Gasteiger partial charge on any atom is 0.261 e. The Bertz CT molecular complexity index is 823. The highest BCUT2D eigenvalue weighted by molar-refractivity contribution is 5.88. The standard InChI is InChI=1S/C14H12N4O/c1-8-4-2-3-5-9(8)13-17-10-6-7-16-14(19)11(10)12(15)18-13/h2-7H,1H3,(H,16,19)(H2,15,17,18). The third-order valence-electron chi connectivity index (χ3n) is 3.03. The molecule has 2 heterocycles. The molecule has 94 valence electrons. The summed E-state index contributed by atoms with van der Waals surface area (Å²) in [5.74, 6) is 0.735. The molecule has 0 saturated heterocycles. The second-order valence-electron chi connectivity index (χ2n) is 4.31. The molecule has 0 bridgehead atoms. The first-order valence-electron chi connectivity index (χ1n) is 5.88. The predicted molar refractivity (Wildman–Crippen MR) is 74.7 cm³/mol. The van der Waals surface area contributed by atoms with Crippen molar-refractivity contribution >= 4 is 16.7 Å². The molecule has 19 heavy (non-hydrogen) atoms. The van der Waals surface area contributed by atoms with Crippen molar-refractivity contribution in [3.05, 3.63) is 52.4 Å². The van der Waals surface area contributed by atoms with Gasteiger partial charge in [0.1, 0.15) is 11.2 Å². The van der Waals surface area contributed by atoms with Crippen molar-refractivity contribution < 1.29 is 0 Å². The quantitative estimate of drug-likeness (QED) is 0.692. The summed E-state index contributed by atoms with van der Waals surface area (Å²) in [7, 11) is 0. The van der Waals surface area contributed by atoms with Crippen molar-refractivity contribution in [2.45, 2.75) is 6.92 Å². The molecule has 0 spiro atoms. The van der Waals surface area contributed by atoms with Crippen molar-refractivity contribution in [2.24, 2.45) is 0 Å². The summed E-state index contributed by atoms with van der Waals surface area (Å²) in [5, 5.41) is 0.333. The van der Waals surface area contributed by atoms with E-state index in [0.29, 0.717) is 16.7 Å². The summed E-state index contributed by atoms with van der Waals surface area (Å²) in [5.41, 5.74) is 8.13. The Morgan fingerprint density at radius 2 is 1.95 bits per heavy atom. The highest BCUT2D eigenvalue weighted by Crippen LogP contribution is 2.23. The average molecular weight is 252 g/mol. The van der Waals surface area contributed by atoms with Gasteiger partial charge in [-0.2, -0.15) is 0 Å². The molecule has 2 aromatic heterocycles. The number of anilines is 1. The fourth-order valence-electron chi connectivity index (χ4n) is 2.06. The van der Waals surface area contributed by atoms with Crippen LogP contribution in [0.25, 0.3) is 22.3 Å². The molecule has 5 nitrogen and oxygen atoms in total. The highest BCUT2D eigenvalue weighted by Gasteiger charge is 2.10. The van der Waals surface area contributed by atoms with Gasteiger partial charge >= 0.3 is 0 Å². The topological polar surface area (TPSA) is 84.7 Å². The van der Waals surface area contributed by atoms with E-state index < -0.39 is 0 Å². The Hall–Kier alpha value is -2.69. The maximum atomic E-state index is 11.7. The summed E-state index contributed by atoms with van der Waals surface area (Å²) >= 11 is 0. The second-order valence-corrected chi connectivity index (χ2v) is 4.31. The molecule has 1 aromatic carbocycles. The number of nitrogens with zero attached hydrogens (tertiary/aromatic N) is 2. The van der Waals surface area contributed by atoms with Crippen molar-refractivity contribution in [1.82, 2.24) is 15.0 Å². The number of hydrogen-bond donors (Lipinski definition) is 2. The monoisotopic (exact) mass is 252 g/mol. The molecule has 0 amide bonds. The number of aromatic nitrogens is 3. The normalized spacial score (nSPS) is 10.8. The van der Waals surface area contributed by atoms with Crippen LogP contribution in [0.15, 0.2) is 41.3 Å². The predicted octanol–water partition coefficient (Wildman–Crippen LogP) is 1.88. The average Bonchev–Trinajstić information content (AvgIpc) is 2.39. The SMILES string of the molecule is Cc1ccccc1-c1nc(N)c2c(=O)[nH]ccc2n1. The number of fused-ring (bicyclic) bond motifs is 1. The minimum Gasteiger partial charge on any atom is -0.383 e. The van der Waals surface area contributed by atoms with E-state index in [9.17, 15) is 4.79 Å². The number of hydrogen-bond acceptors (Lipinski definition) is 4. The van der Waals surface area contributed by atoms with Crippen molar-refractivity contribution in [3.63, 3.8) is 0 Å². The molecule has 0 aliphatic rings. The van der Waals surface area contributed by atoms with Crippen LogP contribution in [0, 0.1) is 6.92 Å². The molecule has 5 heteroatoms. The smallest absolute Gasteiger partial charge is 0.261 e. The lowest BCUT2D eigenvalue weighted by molar-refractivity contribution is 1.19. The van der Waals surface area contributed by atoms with Crippen LogP contribution in [0.2, 0.25) is 0 Å². The molecule has 0 fully saturated rings. The van der Waals surface area contributed by atoms with Gasteiger partial charge in [0.15, 0.2) is 5.82 Å². The van der Waals surface area contributed by atoms with E-state index in [4.69, 9.17) is 5.73 Å². The van der Waals surface area contributed by atoms with Crippen molar-refractivity contribution in [1.29, 1.82) is 0 Å². The maximum absolute atomic E-state index is 11.7. The van der Waals surface area contributed by atoms with Crippen LogP contribution in [-0.4, -0.2) is 15.0 Å². The molecule has 3 N–H and O–H groups in total. The molecule has 0 saturated carbocycles. The van der Waals surface area contributed by atoms with Gasteiger partial charge in [0.05, 0.1) is 5.52 Å². The summed E-state index contributed by atoms with van der Waals surface area (Å²) in [6.07, 6.45) is 1.55. The summed E-state index contributed by atoms with van der Waals surface area (Å²) in [4.78, 5) is 22.9.